The number of nitrogens with zero attached hydrogens (tertiary/aromatic N) is 1. The van der Waals surface area contributed by atoms with E-state index in [0.29, 0.717) is 5.56 Å². The van der Waals surface area contributed by atoms with Gasteiger partial charge in [-0.15, -0.1) is 11.3 Å². The highest BCUT2D eigenvalue weighted by molar-refractivity contribution is 9.10. The third-order valence-corrected chi connectivity index (χ3v) is 3.62. The Morgan fingerprint density at radius 2 is 2.31 bits per heavy atom. The summed E-state index contributed by atoms with van der Waals surface area (Å²) in [5, 5.41) is 21.0. The zero-order valence-corrected chi connectivity index (χ0v) is 8.82. The van der Waals surface area contributed by atoms with Crippen molar-refractivity contribution < 1.29 is 5.11 Å². The molecule has 0 aliphatic heterocycles. The maximum absolute atomic E-state index is 9.63. The highest BCUT2D eigenvalue weighted by Gasteiger charge is 2.10. The van der Waals surface area contributed by atoms with Crippen LogP contribution in [0.2, 0.25) is 0 Å². The summed E-state index contributed by atoms with van der Waals surface area (Å²) in [7, 11) is 0. The summed E-state index contributed by atoms with van der Waals surface area (Å²) in [5.74, 6) is 0.0713. The fourth-order valence-corrected chi connectivity index (χ4v) is 2.70. The van der Waals surface area contributed by atoms with E-state index >= 15 is 0 Å². The highest BCUT2D eigenvalue weighted by atomic mass is 79.9. The third kappa shape index (κ3) is 1.21. The van der Waals surface area contributed by atoms with Crippen molar-refractivity contribution >= 4 is 37.4 Å². The number of benzene rings is 1. The molecule has 1 aromatic heterocycles. The minimum absolute atomic E-state index is 0.0713. The monoisotopic (exact) mass is 253 g/mol. The van der Waals surface area contributed by atoms with Crippen LogP contribution in [0.3, 0.4) is 0 Å². The van der Waals surface area contributed by atoms with Crippen LogP contribution in [0.1, 0.15) is 5.56 Å². The van der Waals surface area contributed by atoms with Crippen LogP contribution in [-0.4, -0.2) is 5.11 Å². The Morgan fingerprint density at radius 3 is 3.00 bits per heavy atom. The third-order valence-electron chi connectivity index (χ3n) is 1.78. The van der Waals surface area contributed by atoms with E-state index in [4.69, 9.17) is 5.26 Å². The Labute approximate surface area is 87.2 Å². The molecule has 0 spiro atoms. The Hall–Kier alpha value is -1.05. The first-order valence-corrected chi connectivity index (χ1v) is 5.20. The first-order chi connectivity index (χ1) is 6.24. The zero-order chi connectivity index (χ0) is 9.42. The van der Waals surface area contributed by atoms with Crippen LogP contribution < -0.4 is 0 Å². The predicted molar refractivity (Wildman–Crippen MR) is 55.9 cm³/mol. The molecule has 0 aliphatic rings. The molecular formula is C9H4BrNOS. The number of phenols is 1. The van der Waals surface area contributed by atoms with E-state index in [9.17, 15) is 5.11 Å². The number of fused-ring (bicyclic) bond motifs is 1. The second-order valence-electron chi connectivity index (χ2n) is 2.53. The normalized spacial score (nSPS) is 10.2. The van der Waals surface area contributed by atoms with Gasteiger partial charge in [0, 0.05) is 9.86 Å². The van der Waals surface area contributed by atoms with Crippen LogP contribution in [0.15, 0.2) is 22.0 Å². The molecule has 1 N–H and O–H groups in total. The molecule has 0 amide bonds. The van der Waals surface area contributed by atoms with Gasteiger partial charge in [-0.05, 0) is 33.4 Å². The summed E-state index contributed by atoms with van der Waals surface area (Å²) in [6.45, 7) is 0. The average molecular weight is 254 g/mol. The van der Waals surface area contributed by atoms with Gasteiger partial charge in [-0.1, -0.05) is 0 Å². The van der Waals surface area contributed by atoms with Crippen LogP contribution in [-0.2, 0) is 0 Å². The van der Waals surface area contributed by atoms with Crippen molar-refractivity contribution in [2.24, 2.45) is 0 Å². The molecule has 4 heteroatoms. The quantitative estimate of drug-likeness (QED) is 0.784. The molecule has 0 saturated carbocycles. The second kappa shape index (κ2) is 3.02. The Bertz CT molecular complexity index is 512. The summed E-state index contributed by atoms with van der Waals surface area (Å²) in [6.07, 6.45) is 0. The summed E-state index contributed by atoms with van der Waals surface area (Å²) in [5.41, 5.74) is 0.303. The number of hydrogen-bond donors (Lipinski definition) is 1. The number of halogens is 1. The molecule has 0 unspecified atom stereocenters. The van der Waals surface area contributed by atoms with E-state index in [-0.39, 0.29) is 5.75 Å². The summed E-state index contributed by atoms with van der Waals surface area (Å²) >= 11 is 4.88. The number of thiophene rings is 1. The molecule has 0 bridgehead atoms. The Morgan fingerprint density at radius 1 is 1.54 bits per heavy atom. The van der Waals surface area contributed by atoms with E-state index < -0.39 is 0 Å². The first kappa shape index (κ1) is 8.54. The maximum Gasteiger partial charge on any atom is 0.142 e. The van der Waals surface area contributed by atoms with Crippen molar-refractivity contribution in [1.82, 2.24) is 0 Å². The molecular weight excluding hydrogens is 250 g/mol. The molecule has 1 heterocycles. The van der Waals surface area contributed by atoms with E-state index in [1.807, 2.05) is 11.4 Å². The van der Waals surface area contributed by atoms with Crippen LogP contribution in [0.4, 0.5) is 0 Å². The van der Waals surface area contributed by atoms with Crippen molar-refractivity contribution in [2.45, 2.75) is 0 Å². The molecule has 0 radical (unpaired) electrons. The largest absolute Gasteiger partial charge is 0.506 e. The molecule has 2 rings (SSSR count). The lowest BCUT2D eigenvalue weighted by Gasteiger charge is -1.99. The topological polar surface area (TPSA) is 44.0 Å². The first-order valence-electron chi connectivity index (χ1n) is 3.53. The van der Waals surface area contributed by atoms with Gasteiger partial charge in [0.15, 0.2) is 0 Å². The molecule has 1 aromatic carbocycles. The van der Waals surface area contributed by atoms with Gasteiger partial charge >= 0.3 is 0 Å². The molecule has 0 fully saturated rings. The van der Waals surface area contributed by atoms with Crippen molar-refractivity contribution in [3.05, 3.63) is 27.5 Å². The van der Waals surface area contributed by atoms with Gasteiger partial charge < -0.3 is 5.11 Å². The van der Waals surface area contributed by atoms with Crippen LogP contribution in [0, 0.1) is 11.3 Å². The molecule has 0 aliphatic carbocycles. The van der Waals surface area contributed by atoms with Crippen LogP contribution in [0.25, 0.3) is 10.1 Å². The fourth-order valence-electron chi connectivity index (χ4n) is 1.17. The lowest BCUT2D eigenvalue weighted by Crippen LogP contribution is -1.77. The molecule has 0 saturated heterocycles. The lowest BCUT2D eigenvalue weighted by atomic mass is 10.1. The molecule has 13 heavy (non-hydrogen) atoms. The van der Waals surface area contributed by atoms with E-state index in [0.717, 1.165) is 14.6 Å². The molecule has 0 atom stereocenters. The Balaban J connectivity index is 2.95. The minimum Gasteiger partial charge on any atom is -0.506 e. The van der Waals surface area contributed by atoms with Crippen molar-refractivity contribution in [1.29, 1.82) is 5.26 Å². The van der Waals surface area contributed by atoms with Crippen molar-refractivity contribution in [2.75, 3.05) is 0 Å². The van der Waals surface area contributed by atoms with Gasteiger partial charge in [-0.2, -0.15) is 5.26 Å². The summed E-state index contributed by atoms with van der Waals surface area (Å²) < 4.78 is 1.82. The molecule has 2 aromatic rings. The smallest absolute Gasteiger partial charge is 0.142 e. The van der Waals surface area contributed by atoms with E-state index in [1.54, 1.807) is 12.1 Å². The Kier molecular flexibility index (Phi) is 1.98. The number of phenolic OH excluding ortho intramolecular Hbond substituents is 1. The second-order valence-corrected chi connectivity index (χ2v) is 4.30. The average Bonchev–Trinajstić information content (AvgIpc) is 2.60. The van der Waals surface area contributed by atoms with Gasteiger partial charge in [0.1, 0.15) is 11.8 Å². The van der Waals surface area contributed by atoms with Crippen molar-refractivity contribution in [3.63, 3.8) is 0 Å². The number of hydrogen-bond acceptors (Lipinski definition) is 3. The number of nitriles is 1. The lowest BCUT2D eigenvalue weighted by molar-refractivity contribution is 0.480. The SMILES string of the molecule is N#Cc1cc(Br)c2sccc2c1O. The standard InChI is InChI=1S/C9H4BrNOS/c10-7-3-5(4-11)8(12)6-1-2-13-9(6)7/h1-3,12H. The number of rotatable bonds is 0. The highest BCUT2D eigenvalue weighted by Crippen LogP contribution is 2.37. The van der Waals surface area contributed by atoms with Gasteiger partial charge in [0.05, 0.1) is 10.3 Å². The molecule has 2 nitrogen and oxygen atoms in total. The molecule has 64 valence electrons. The minimum atomic E-state index is 0.0713. The predicted octanol–water partition coefficient (Wildman–Crippen LogP) is 3.24. The zero-order valence-electron chi connectivity index (χ0n) is 6.41. The fraction of sp³-hybridized carbons (Fsp3) is 0. The van der Waals surface area contributed by atoms with Gasteiger partial charge in [-0.25, -0.2) is 0 Å². The van der Waals surface area contributed by atoms with Gasteiger partial charge in [0.25, 0.3) is 0 Å². The summed E-state index contributed by atoms with van der Waals surface area (Å²) in [4.78, 5) is 0. The number of aromatic hydroxyl groups is 1. The van der Waals surface area contributed by atoms with Crippen molar-refractivity contribution in [3.8, 4) is 11.8 Å². The van der Waals surface area contributed by atoms with E-state index in [2.05, 4.69) is 15.9 Å². The van der Waals surface area contributed by atoms with Crippen LogP contribution in [0.5, 0.6) is 5.75 Å². The summed E-state index contributed by atoms with van der Waals surface area (Å²) in [6, 6.07) is 5.38. The van der Waals surface area contributed by atoms with E-state index in [1.165, 1.54) is 11.3 Å². The maximum atomic E-state index is 9.63. The van der Waals surface area contributed by atoms with Crippen LogP contribution >= 0.6 is 27.3 Å². The van der Waals surface area contributed by atoms with Gasteiger partial charge in [-0.3, -0.25) is 0 Å². The van der Waals surface area contributed by atoms with Gasteiger partial charge in [0.2, 0.25) is 0 Å².